The molecule has 3 fully saturated rings. The number of rotatable bonds is 3. The number of hydrogen-bond donors (Lipinski definition) is 2. The van der Waals surface area contributed by atoms with Gasteiger partial charge < -0.3 is 10.6 Å². The summed E-state index contributed by atoms with van der Waals surface area (Å²) in [6.45, 7) is 23.9. The van der Waals surface area contributed by atoms with E-state index in [0.29, 0.717) is 18.2 Å². The summed E-state index contributed by atoms with van der Waals surface area (Å²) >= 11 is 0. The first-order chi connectivity index (χ1) is 12.2. The van der Waals surface area contributed by atoms with Crippen molar-refractivity contribution in [3.05, 3.63) is 0 Å². The van der Waals surface area contributed by atoms with Crippen molar-refractivity contribution in [2.24, 2.45) is 0 Å². The molecule has 0 atom stereocenters. The van der Waals surface area contributed by atoms with Crippen molar-refractivity contribution < 1.29 is 0 Å². The lowest BCUT2D eigenvalue weighted by Gasteiger charge is -2.52. The summed E-state index contributed by atoms with van der Waals surface area (Å²) in [4.78, 5) is 5.73. The molecule has 3 aliphatic heterocycles. The van der Waals surface area contributed by atoms with Crippen LogP contribution in [0.25, 0.3) is 0 Å². The van der Waals surface area contributed by atoms with E-state index in [4.69, 9.17) is 0 Å². The Kier molecular flexibility index (Phi) is 5.56. The van der Waals surface area contributed by atoms with Gasteiger partial charge in [-0.1, -0.05) is 6.92 Å². The molecule has 0 unspecified atom stereocenters. The van der Waals surface area contributed by atoms with Crippen molar-refractivity contribution in [2.75, 3.05) is 13.1 Å². The Morgan fingerprint density at radius 2 is 0.926 bits per heavy atom. The van der Waals surface area contributed by atoms with E-state index in [2.05, 4.69) is 82.7 Å². The van der Waals surface area contributed by atoms with Gasteiger partial charge >= 0.3 is 0 Å². The first-order valence-corrected chi connectivity index (χ1v) is 11.3. The Morgan fingerprint density at radius 3 is 1.19 bits per heavy atom. The minimum Gasteiger partial charge on any atom is -0.307 e. The lowest BCUT2D eigenvalue weighted by Crippen LogP contribution is -2.64. The highest BCUT2D eigenvalue weighted by Crippen LogP contribution is 2.38. The van der Waals surface area contributed by atoms with Gasteiger partial charge in [0.05, 0.1) is 6.17 Å². The molecule has 2 N–H and O–H groups in total. The Hall–Kier alpha value is -0.160. The predicted molar refractivity (Wildman–Crippen MR) is 116 cm³/mol. The molecule has 0 aromatic heterocycles. The number of nitrogens with zero attached hydrogens (tertiary/aromatic N) is 2. The standard InChI is InChI=1S/C23H46N4/c1-10-19-26(17-13-20(2,3)24-21(4,5)14-17)11-12-27(19)18-15-22(6,7)25-23(8,9)16-18/h17-19,24-25H,10-16H2,1-9H3. The molecule has 0 amide bonds. The number of hydrogen-bond acceptors (Lipinski definition) is 4. The molecule has 3 aliphatic rings. The molecule has 4 heteroatoms. The van der Waals surface area contributed by atoms with Crippen LogP contribution in [0.2, 0.25) is 0 Å². The second-order valence-electron chi connectivity index (χ2n) is 12.3. The third kappa shape index (κ3) is 4.88. The number of piperidine rings is 2. The van der Waals surface area contributed by atoms with E-state index < -0.39 is 0 Å². The van der Waals surface area contributed by atoms with E-state index in [-0.39, 0.29) is 22.2 Å². The van der Waals surface area contributed by atoms with Crippen LogP contribution in [0.4, 0.5) is 0 Å². The molecule has 3 heterocycles. The van der Waals surface area contributed by atoms with Crippen LogP contribution in [0, 0.1) is 0 Å². The molecule has 0 aromatic rings. The zero-order valence-corrected chi connectivity index (χ0v) is 19.6. The summed E-state index contributed by atoms with van der Waals surface area (Å²) < 4.78 is 0. The summed E-state index contributed by atoms with van der Waals surface area (Å²) in [7, 11) is 0. The van der Waals surface area contributed by atoms with Gasteiger partial charge in [-0.15, -0.1) is 0 Å². The van der Waals surface area contributed by atoms with Gasteiger partial charge in [0.1, 0.15) is 0 Å². The molecule has 0 radical (unpaired) electrons. The van der Waals surface area contributed by atoms with Crippen LogP contribution in [0.15, 0.2) is 0 Å². The van der Waals surface area contributed by atoms with E-state index in [1.165, 1.54) is 45.2 Å². The molecule has 0 saturated carbocycles. The van der Waals surface area contributed by atoms with Crippen LogP contribution in [0.5, 0.6) is 0 Å². The second-order valence-corrected chi connectivity index (χ2v) is 12.3. The molecule has 158 valence electrons. The summed E-state index contributed by atoms with van der Waals surface area (Å²) in [5.41, 5.74) is 0.876. The maximum atomic E-state index is 3.87. The third-order valence-corrected chi connectivity index (χ3v) is 7.02. The highest BCUT2D eigenvalue weighted by atomic mass is 15.4. The summed E-state index contributed by atoms with van der Waals surface area (Å²) in [6, 6.07) is 1.38. The molecular weight excluding hydrogens is 332 g/mol. The summed E-state index contributed by atoms with van der Waals surface area (Å²) in [5.74, 6) is 0. The van der Waals surface area contributed by atoms with Gasteiger partial charge in [-0.2, -0.15) is 0 Å². The molecular formula is C23H46N4. The normalized spacial score (nSPS) is 32.8. The fraction of sp³-hybridized carbons (Fsp3) is 1.00. The maximum absolute atomic E-state index is 3.87. The summed E-state index contributed by atoms with van der Waals surface area (Å²) in [6.07, 6.45) is 6.85. The quantitative estimate of drug-likeness (QED) is 0.778. The topological polar surface area (TPSA) is 30.5 Å². The fourth-order valence-corrected chi connectivity index (χ4v) is 7.05. The van der Waals surface area contributed by atoms with Crippen LogP contribution in [0.1, 0.15) is 94.4 Å². The van der Waals surface area contributed by atoms with Crippen molar-refractivity contribution >= 4 is 0 Å². The second kappa shape index (κ2) is 6.97. The SMILES string of the molecule is CCC1N(C2CC(C)(C)NC(C)(C)C2)CCN1C1CC(C)(C)NC(C)(C)C1. The Balaban J connectivity index is 1.77. The van der Waals surface area contributed by atoms with Gasteiger partial charge in [-0.25, -0.2) is 0 Å². The van der Waals surface area contributed by atoms with Gasteiger partial charge in [-0.05, 0) is 87.5 Å². The van der Waals surface area contributed by atoms with E-state index in [1.807, 2.05) is 0 Å². The first-order valence-electron chi connectivity index (χ1n) is 11.3. The Morgan fingerprint density at radius 1 is 0.630 bits per heavy atom. The van der Waals surface area contributed by atoms with Crippen molar-refractivity contribution in [2.45, 2.75) is 135 Å². The van der Waals surface area contributed by atoms with Gasteiger partial charge in [0.15, 0.2) is 0 Å². The maximum Gasteiger partial charge on any atom is 0.0625 e. The molecule has 0 aliphatic carbocycles. The predicted octanol–water partition coefficient (Wildman–Crippen LogP) is 3.96. The average Bonchev–Trinajstić information content (AvgIpc) is 2.84. The van der Waals surface area contributed by atoms with Gasteiger partial charge in [-0.3, -0.25) is 9.80 Å². The first kappa shape index (κ1) is 21.5. The van der Waals surface area contributed by atoms with Crippen LogP contribution in [0.3, 0.4) is 0 Å². The third-order valence-electron chi connectivity index (χ3n) is 7.02. The lowest BCUT2D eigenvalue weighted by molar-refractivity contribution is -0.00540. The van der Waals surface area contributed by atoms with Crippen molar-refractivity contribution in [1.29, 1.82) is 0 Å². The van der Waals surface area contributed by atoms with Crippen LogP contribution in [-0.2, 0) is 0 Å². The molecule has 3 saturated heterocycles. The van der Waals surface area contributed by atoms with E-state index in [9.17, 15) is 0 Å². The van der Waals surface area contributed by atoms with E-state index in [1.54, 1.807) is 0 Å². The van der Waals surface area contributed by atoms with Crippen molar-refractivity contribution in [3.8, 4) is 0 Å². The van der Waals surface area contributed by atoms with Crippen molar-refractivity contribution in [1.82, 2.24) is 20.4 Å². The van der Waals surface area contributed by atoms with Gasteiger partial charge in [0.25, 0.3) is 0 Å². The summed E-state index contributed by atoms with van der Waals surface area (Å²) in [5, 5.41) is 7.73. The average molecular weight is 379 g/mol. The molecule has 3 rings (SSSR count). The highest BCUT2D eigenvalue weighted by molar-refractivity contribution is 5.05. The monoisotopic (exact) mass is 378 g/mol. The molecule has 4 nitrogen and oxygen atoms in total. The Labute approximate surface area is 168 Å². The molecule has 27 heavy (non-hydrogen) atoms. The van der Waals surface area contributed by atoms with Gasteiger partial charge in [0, 0.05) is 47.3 Å². The fourth-order valence-electron chi connectivity index (χ4n) is 7.05. The number of nitrogens with one attached hydrogen (secondary N) is 2. The van der Waals surface area contributed by atoms with Crippen LogP contribution < -0.4 is 10.6 Å². The van der Waals surface area contributed by atoms with Crippen molar-refractivity contribution in [3.63, 3.8) is 0 Å². The molecule has 0 aromatic carbocycles. The van der Waals surface area contributed by atoms with E-state index >= 15 is 0 Å². The smallest absolute Gasteiger partial charge is 0.0625 e. The van der Waals surface area contributed by atoms with Crippen LogP contribution >= 0.6 is 0 Å². The lowest BCUT2D eigenvalue weighted by atomic mass is 9.78. The van der Waals surface area contributed by atoms with Crippen LogP contribution in [-0.4, -0.2) is 63.3 Å². The minimum absolute atomic E-state index is 0.219. The minimum atomic E-state index is 0.219. The van der Waals surface area contributed by atoms with E-state index in [0.717, 1.165) is 0 Å². The zero-order valence-electron chi connectivity index (χ0n) is 19.6. The molecule has 0 bridgehead atoms. The Bertz CT molecular complexity index is 458. The zero-order chi connectivity index (χ0) is 20.3. The largest absolute Gasteiger partial charge is 0.307 e. The molecule has 0 spiro atoms. The highest BCUT2D eigenvalue weighted by Gasteiger charge is 2.48. The van der Waals surface area contributed by atoms with Gasteiger partial charge in [0.2, 0.25) is 0 Å².